The van der Waals surface area contributed by atoms with Crippen LogP contribution in [0.15, 0.2) is 22.7 Å². The summed E-state index contributed by atoms with van der Waals surface area (Å²) in [5, 5.41) is 11.9. The quantitative estimate of drug-likeness (QED) is 0.886. The van der Waals surface area contributed by atoms with E-state index < -0.39 is 17.4 Å². The topological polar surface area (TPSA) is 75.6 Å². The Hall–Kier alpha value is -1.40. The monoisotopic (exact) mass is 327 g/mol. The van der Waals surface area contributed by atoms with Crippen LogP contribution < -0.4 is 5.32 Å². The van der Waals surface area contributed by atoms with Crippen molar-refractivity contribution in [1.29, 1.82) is 0 Å². The summed E-state index contributed by atoms with van der Waals surface area (Å²) >= 11 is 3.35. The van der Waals surface area contributed by atoms with Crippen LogP contribution in [0, 0.1) is 6.92 Å². The summed E-state index contributed by atoms with van der Waals surface area (Å²) in [6.07, 6.45) is 0.275. The first kappa shape index (κ1) is 14.0. The van der Waals surface area contributed by atoms with Gasteiger partial charge in [-0.1, -0.05) is 12.1 Å². The van der Waals surface area contributed by atoms with Gasteiger partial charge in [-0.25, -0.2) is 4.79 Å². The minimum absolute atomic E-state index is 0.00247. The molecule has 2 rings (SSSR count). The molecular formula is C13H14BrNO4. The Balaban J connectivity index is 2.25. The van der Waals surface area contributed by atoms with Crippen LogP contribution in [0.1, 0.15) is 22.3 Å². The summed E-state index contributed by atoms with van der Waals surface area (Å²) in [5.41, 5.74) is 0.0208. The van der Waals surface area contributed by atoms with Crippen molar-refractivity contribution in [2.45, 2.75) is 18.9 Å². The van der Waals surface area contributed by atoms with Crippen LogP contribution in [0.3, 0.4) is 0 Å². The van der Waals surface area contributed by atoms with Gasteiger partial charge in [0.1, 0.15) is 0 Å². The molecule has 2 N–H and O–H groups in total. The lowest BCUT2D eigenvalue weighted by Crippen LogP contribution is -2.55. The van der Waals surface area contributed by atoms with Gasteiger partial charge >= 0.3 is 5.97 Å². The number of carbonyl (C=O) groups is 2. The largest absolute Gasteiger partial charge is 0.479 e. The van der Waals surface area contributed by atoms with Crippen molar-refractivity contribution in [3.63, 3.8) is 0 Å². The molecule has 19 heavy (non-hydrogen) atoms. The molecule has 1 fully saturated rings. The summed E-state index contributed by atoms with van der Waals surface area (Å²) in [4.78, 5) is 23.6. The fourth-order valence-corrected chi connectivity index (χ4v) is 2.44. The first-order valence-corrected chi connectivity index (χ1v) is 6.64. The van der Waals surface area contributed by atoms with Crippen LogP contribution in [0.4, 0.5) is 0 Å². The normalized spacial score (nSPS) is 22.2. The lowest BCUT2D eigenvalue weighted by atomic mass is 9.98. The van der Waals surface area contributed by atoms with Crippen LogP contribution in [-0.4, -0.2) is 35.7 Å². The molecule has 102 valence electrons. The highest BCUT2D eigenvalue weighted by Crippen LogP contribution is 2.24. The van der Waals surface area contributed by atoms with Gasteiger partial charge in [0.25, 0.3) is 5.91 Å². The van der Waals surface area contributed by atoms with Gasteiger partial charge in [-0.3, -0.25) is 4.79 Å². The molecule has 0 aliphatic carbocycles. The van der Waals surface area contributed by atoms with Crippen LogP contribution in [0.25, 0.3) is 0 Å². The maximum Gasteiger partial charge on any atom is 0.331 e. The lowest BCUT2D eigenvalue weighted by Gasteiger charge is -2.24. The molecule has 1 aromatic rings. The van der Waals surface area contributed by atoms with E-state index in [0.717, 1.165) is 5.56 Å². The van der Waals surface area contributed by atoms with E-state index >= 15 is 0 Å². The molecule has 1 amide bonds. The van der Waals surface area contributed by atoms with Crippen LogP contribution in [-0.2, 0) is 9.53 Å². The molecule has 1 saturated heterocycles. The fourth-order valence-electron chi connectivity index (χ4n) is 1.99. The van der Waals surface area contributed by atoms with Gasteiger partial charge in [0.15, 0.2) is 5.54 Å². The molecule has 0 spiro atoms. The Labute approximate surface area is 119 Å². The van der Waals surface area contributed by atoms with Crippen molar-refractivity contribution in [3.05, 3.63) is 33.8 Å². The number of rotatable bonds is 3. The highest BCUT2D eigenvalue weighted by Gasteiger charge is 2.44. The molecule has 1 aromatic carbocycles. The minimum Gasteiger partial charge on any atom is -0.479 e. The van der Waals surface area contributed by atoms with Crippen molar-refractivity contribution < 1.29 is 19.4 Å². The fraction of sp³-hybridized carbons (Fsp3) is 0.385. The van der Waals surface area contributed by atoms with E-state index in [1.165, 1.54) is 0 Å². The number of hydrogen-bond acceptors (Lipinski definition) is 3. The maximum atomic E-state index is 12.2. The van der Waals surface area contributed by atoms with Crippen molar-refractivity contribution in [3.8, 4) is 0 Å². The number of carboxylic acids is 1. The van der Waals surface area contributed by atoms with Crippen molar-refractivity contribution in [1.82, 2.24) is 5.32 Å². The van der Waals surface area contributed by atoms with Gasteiger partial charge < -0.3 is 15.2 Å². The van der Waals surface area contributed by atoms with Gasteiger partial charge in [0.2, 0.25) is 0 Å². The third-order valence-electron chi connectivity index (χ3n) is 3.22. The zero-order valence-corrected chi connectivity index (χ0v) is 12.0. The molecule has 0 bridgehead atoms. The SMILES string of the molecule is Cc1cccc(C(=O)NC2(C(=O)O)CCOC2)c1Br. The zero-order valence-electron chi connectivity index (χ0n) is 10.4. The van der Waals surface area contributed by atoms with Crippen LogP contribution >= 0.6 is 15.9 Å². The number of carbonyl (C=O) groups excluding carboxylic acids is 1. The van der Waals surface area contributed by atoms with E-state index in [2.05, 4.69) is 21.2 Å². The van der Waals surface area contributed by atoms with Crippen LogP contribution in [0.2, 0.25) is 0 Å². The molecule has 6 heteroatoms. The average Bonchev–Trinajstić information content (AvgIpc) is 2.82. The number of hydrogen-bond donors (Lipinski definition) is 2. The number of halogens is 1. The number of amides is 1. The second-order valence-electron chi connectivity index (χ2n) is 4.58. The molecular weight excluding hydrogens is 314 g/mol. The van der Waals surface area contributed by atoms with Gasteiger partial charge in [0.05, 0.1) is 12.2 Å². The summed E-state index contributed by atoms with van der Waals surface area (Å²) in [6, 6.07) is 5.28. The van der Waals surface area contributed by atoms with E-state index in [1.54, 1.807) is 12.1 Å². The number of nitrogens with one attached hydrogen (secondary N) is 1. The maximum absolute atomic E-state index is 12.2. The molecule has 0 aromatic heterocycles. The van der Waals surface area contributed by atoms with Crippen LogP contribution in [0.5, 0.6) is 0 Å². The molecule has 1 unspecified atom stereocenters. The third kappa shape index (κ3) is 2.64. The Kier molecular flexibility index (Phi) is 3.91. The highest BCUT2D eigenvalue weighted by atomic mass is 79.9. The van der Waals surface area contributed by atoms with Crippen molar-refractivity contribution in [2.24, 2.45) is 0 Å². The predicted molar refractivity (Wildman–Crippen MR) is 72.1 cm³/mol. The number of aryl methyl sites for hydroxylation is 1. The van der Waals surface area contributed by atoms with Gasteiger partial charge in [-0.05, 0) is 34.5 Å². The van der Waals surface area contributed by atoms with Gasteiger partial charge in [0, 0.05) is 17.5 Å². The highest BCUT2D eigenvalue weighted by molar-refractivity contribution is 9.10. The summed E-state index contributed by atoms with van der Waals surface area (Å²) < 4.78 is 5.78. The Morgan fingerprint density at radius 1 is 1.47 bits per heavy atom. The smallest absolute Gasteiger partial charge is 0.331 e. The predicted octanol–water partition coefficient (Wildman–Crippen LogP) is 1.73. The number of aliphatic carboxylic acids is 1. The standard InChI is InChI=1S/C13H14BrNO4/c1-8-3-2-4-9(10(8)14)11(16)15-13(12(17)18)5-6-19-7-13/h2-4H,5-7H2,1H3,(H,15,16)(H,17,18). The van der Waals surface area contributed by atoms with E-state index in [4.69, 9.17) is 4.74 Å². The number of ether oxygens (including phenoxy) is 1. The summed E-state index contributed by atoms with van der Waals surface area (Å²) in [5.74, 6) is -1.48. The molecule has 0 saturated carbocycles. The Morgan fingerprint density at radius 2 is 2.21 bits per heavy atom. The van der Waals surface area contributed by atoms with E-state index in [-0.39, 0.29) is 13.0 Å². The second kappa shape index (κ2) is 5.30. The van der Waals surface area contributed by atoms with Crippen molar-refractivity contribution >= 4 is 27.8 Å². The first-order chi connectivity index (χ1) is 8.96. The molecule has 1 aliphatic rings. The van der Waals surface area contributed by atoms with E-state index in [1.807, 2.05) is 13.0 Å². The summed E-state index contributed by atoms with van der Waals surface area (Å²) in [7, 11) is 0. The van der Waals surface area contributed by atoms with Crippen molar-refractivity contribution in [2.75, 3.05) is 13.2 Å². The first-order valence-electron chi connectivity index (χ1n) is 5.85. The van der Waals surface area contributed by atoms with Gasteiger partial charge in [-0.15, -0.1) is 0 Å². The molecule has 0 radical (unpaired) electrons. The second-order valence-corrected chi connectivity index (χ2v) is 5.37. The van der Waals surface area contributed by atoms with Gasteiger partial charge in [-0.2, -0.15) is 0 Å². The molecule has 5 nitrogen and oxygen atoms in total. The molecule has 1 atom stereocenters. The summed E-state index contributed by atoms with van der Waals surface area (Å²) in [6.45, 7) is 2.20. The third-order valence-corrected chi connectivity index (χ3v) is 4.27. The van der Waals surface area contributed by atoms with E-state index in [9.17, 15) is 14.7 Å². The van der Waals surface area contributed by atoms with E-state index in [0.29, 0.717) is 16.6 Å². The average molecular weight is 328 g/mol. The zero-order chi connectivity index (χ0) is 14.0. The molecule has 1 heterocycles. The number of benzene rings is 1. The number of carboxylic acid groups (broad SMARTS) is 1. The Bertz CT molecular complexity index is 523. The lowest BCUT2D eigenvalue weighted by molar-refractivity contribution is -0.144. The minimum atomic E-state index is -1.32. The molecule has 1 aliphatic heterocycles. The Morgan fingerprint density at radius 3 is 2.79 bits per heavy atom.